The maximum atomic E-state index is 11.9. The van der Waals surface area contributed by atoms with Crippen LogP contribution in [0.4, 0.5) is 0 Å². The molecule has 0 saturated carbocycles. The largest absolute Gasteiger partial charge is 0.298 e. The summed E-state index contributed by atoms with van der Waals surface area (Å²) in [5.41, 5.74) is 0. The highest BCUT2D eigenvalue weighted by Crippen LogP contribution is 2.19. The van der Waals surface area contributed by atoms with Crippen LogP contribution in [0.2, 0.25) is 5.02 Å². The van der Waals surface area contributed by atoms with Gasteiger partial charge in [0.15, 0.2) is 0 Å². The maximum Gasteiger partial charge on any atom is 0.148 e. The van der Waals surface area contributed by atoms with Crippen molar-refractivity contribution in [3.8, 4) is 0 Å². The van der Waals surface area contributed by atoms with Gasteiger partial charge in [0.25, 0.3) is 0 Å². The number of carbonyl (C=O) groups is 1. The second kappa shape index (κ2) is 6.16. The number of rotatable bonds is 5. The molecule has 1 aromatic carbocycles. The highest BCUT2D eigenvalue weighted by molar-refractivity contribution is 7.85. The summed E-state index contributed by atoms with van der Waals surface area (Å²) < 4.78 is 11.9. The summed E-state index contributed by atoms with van der Waals surface area (Å²) in [4.78, 5) is 12.2. The zero-order chi connectivity index (χ0) is 12.1. The molecule has 0 aliphatic carbocycles. The van der Waals surface area contributed by atoms with Crippen molar-refractivity contribution in [3.63, 3.8) is 0 Å². The molecule has 1 rings (SSSR count). The molecule has 2 unspecified atom stereocenters. The molecule has 0 radical (unpaired) electrons. The Kier molecular flexibility index (Phi) is 5.16. The third kappa shape index (κ3) is 3.42. The minimum Gasteiger partial charge on any atom is -0.298 e. The number of carbonyl (C=O) groups excluding carboxylic acids is 1. The highest BCUT2D eigenvalue weighted by Gasteiger charge is 2.16. The van der Waals surface area contributed by atoms with Gasteiger partial charge in [-0.3, -0.25) is 9.00 Å². The molecule has 0 spiro atoms. The Morgan fingerprint density at radius 2 is 2.06 bits per heavy atom. The standard InChI is InChI=1S/C12H15ClO2S/c1-3-9(2)11(14)8-16(15)12-7-5-4-6-10(12)13/h4-7,9H,3,8H2,1-2H3. The van der Waals surface area contributed by atoms with Crippen molar-refractivity contribution < 1.29 is 9.00 Å². The van der Waals surface area contributed by atoms with Crippen LogP contribution < -0.4 is 0 Å². The van der Waals surface area contributed by atoms with Crippen LogP contribution in [0.25, 0.3) is 0 Å². The molecule has 0 aromatic heterocycles. The van der Waals surface area contributed by atoms with Gasteiger partial charge in [-0.25, -0.2) is 0 Å². The van der Waals surface area contributed by atoms with Crippen LogP contribution >= 0.6 is 11.6 Å². The quantitative estimate of drug-likeness (QED) is 0.814. The number of Topliss-reactive ketones (excluding diaryl/α,β-unsaturated/α-hetero) is 1. The van der Waals surface area contributed by atoms with E-state index in [1.165, 1.54) is 0 Å². The van der Waals surface area contributed by atoms with Crippen molar-refractivity contribution in [1.82, 2.24) is 0 Å². The van der Waals surface area contributed by atoms with Crippen molar-refractivity contribution >= 4 is 28.2 Å². The van der Waals surface area contributed by atoms with E-state index >= 15 is 0 Å². The lowest BCUT2D eigenvalue weighted by Gasteiger charge is -2.07. The van der Waals surface area contributed by atoms with Gasteiger partial charge in [0.2, 0.25) is 0 Å². The van der Waals surface area contributed by atoms with Gasteiger partial charge in [-0.2, -0.15) is 0 Å². The maximum absolute atomic E-state index is 11.9. The first kappa shape index (κ1) is 13.4. The number of hydrogen-bond acceptors (Lipinski definition) is 2. The first-order valence-corrected chi connectivity index (χ1v) is 6.91. The van der Waals surface area contributed by atoms with Crippen molar-refractivity contribution in [3.05, 3.63) is 29.3 Å². The Balaban J connectivity index is 2.74. The summed E-state index contributed by atoms with van der Waals surface area (Å²) in [6.45, 7) is 3.80. The van der Waals surface area contributed by atoms with Crippen LogP contribution in [0.5, 0.6) is 0 Å². The molecule has 0 heterocycles. The summed E-state index contributed by atoms with van der Waals surface area (Å²) in [6.07, 6.45) is 0.776. The fourth-order valence-corrected chi connectivity index (χ4v) is 2.81. The number of ketones is 1. The predicted molar refractivity (Wildman–Crippen MR) is 67.2 cm³/mol. The average molecular weight is 259 g/mol. The molecule has 0 amide bonds. The summed E-state index contributed by atoms with van der Waals surface area (Å²) in [5, 5.41) is 0.456. The van der Waals surface area contributed by atoms with Crippen molar-refractivity contribution in [1.29, 1.82) is 0 Å². The SMILES string of the molecule is CCC(C)C(=O)CS(=O)c1ccccc1Cl. The van der Waals surface area contributed by atoms with E-state index in [9.17, 15) is 9.00 Å². The van der Waals surface area contributed by atoms with Crippen molar-refractivity contribution in [2.45, 2.75) is 25.2 Å². The van der Waals surface area contributed by atoms with Crippen molar-refractivity contribution in [2.75, 3.05) is 5.75 Å². The zero-order valence-electron chi connectivity index (χ0n) is 9.40. The van der Waals surface area contributed by atoms with Crippen LogP contribution in [0.3, 0.4) is 0 Å². The molecular formula is C12H15ClO2S. The molecular weight excluding hydrogens is 244 g/mol. The van der Waals surface area contributed by atoms with E-state index in [-0.39, 0.29) is 17.5 Å². The monoisotopic (exact) mass is 258 g/mol. The van der Waals surface area contributed by atoms with Crippen LogP contribution in [-0.4, -0.2) is 15.7 Å². The summed E-state index contributed by atoms with van der Waals surface area (Å²) in [7, 11) is -1.33. The van der Waals surface area contributed by atoms with Crippen LogP contribution in [0, 0.1) is 5.92 Å². The molecule has 2 nitrogen and oxygen atoms in total. The first-order chi connectivity index (χ1) is 7.56. The van der Waals surface area contributed by atoms with Gasteiger partial charge in [0, 0.05) is 5.92 Å². The van der Waals surface area contributed by atoms with E-state index in [1.54, 1.807) is 24.3 Å². The van der Waals surface area contributed by atoms with Gasteiger partial charge in [-0.05, 0) is 18.6 Å². The fraction of sp³-hybridized carbons (Fsp3) is 0.417. The molecule has 0 aliphatic rings. The van der Waals surface area contributed by atoms with Gasteiger partial charge < -0.3 is 0 Å². The number of hydrogen-bond donors (Lipinski definition) is 0. The third-order valence-electron chi connectivity index (χ3n) is 2.52. The summed E-state index contributed by atoms with van der Waals surface area (Å²) >= 11 is 5.91. The average Bonchev–Trinajstić information content (AvgIpc) is 2.28. The Hall–Kier alpha value is -0.670. The molecule has 0 N–H and O–H groups in total. The predicted octanol–water partition coefficient (Wildman–Crippen LogP) is 3.06. The fourth-order valence-electron chi connectivity index (χ4n) is 1.21. The lowest BCUT2D eigenvalue weighted by Crippen LogP contribution is -2.18. The highest BCUT2D eigenvalue weighted by atomic mass is 35.5. The lowest BCUT2D eigenvalue weighted by atomic mass is 10.1. The molecule has 0 bridgehead atoms. The van der Waals surface area contributed by atoms with Crippen LogP contribution in [0.1, 0.15) is 20.3 Å². The molecule has 16 heavy (non-hydrogen) atoms. The van der Waals surface area contributed by atoms with Crippen molar-refractivity contribution in [2.24, 2.45) is 5.92 Å². The second-order valence-corrected chi connectivity index (χ2v) is 5.52. The van der Waals surface area contributed by atoms with Gasteiger partial charge in [-0.1, -0.05) is 37.6 Å². The minimum absolute atomic E-state index is 0.0285. The normalized spacial score (nSPS) is 14.4. The molecule has 88 valence electrons. The number of benzene rings is 1. The molecule has 0 fully saturated rings. The van der Waals surface area contributed by atoms with Crippen LogP contribution in [-0.2, 0) is 15.6 Å². The summed E-state index contributed by atoms with van der Waals surface area (Å²) in [5.74, 6) is 0.0471. The Bertz CT molecular complexity index is 404. The second-order valence-electron chi connectivity index (χ2n) is 3.70. The molecule has 0 saturated heterocycles. The molecule has 4 heteroatoms. The van der Waals surface area contributed by atoms with Gasteiger partial charge >= 0.3 is 0 Å². The van der Waals surface area contributed by atoms with Gasteiger partial charge in [0.1, 0.15) is 5.78 Å². The third-order valence-corrected chi connectivity index (χ3v) is 4.35. The van der Waals surface area contributed by atoms with E-state index in [0.717, 1.165) is 6.42 Å². The topological polar surface area (TPSA) is 34.1 Å². The van der Waals surface area contributed by atoms with E-state index in [2.05, 4.69) is 0 Å². The smallest absolute Gasteiger partial charge is 0.148 e. The molecule has 0 aliphatic heterocycles. The lowest BCUT2D eigenvalue weighted by molar-refractivity contribution is -0.119. The Morgan fingerprint density at radius 1 is 1.44 bits per heavy atom. The molecule has 2 atom stereocenters. The Morgan fingerprint density at radius 3 is 2.62 bits per heavy atom. The number of halogens is 1. The van der Waals surface area contributed by atoms with Gasteiger partial charge in [0.05, 0.1) is 26.5 Å². The summed E-state index contributed by atoms with van der Waals surface area (Å²) in [6, 6.07) is 6.93. The minimum atomic E-state index is -1.33. The van der Waals surface area contributed by atoms with E-state index < -0.39 is 10.8 Å². The van der Waals surface area contributed by atoms with Gasteiger partial charge in [-0.15, -0.1) is 0 Å². The van der Waals surface area contributed by atoms with E-state index in [1.807, 2.05) is 13.8 Å². The van der Waals surface area contributed by atoms with E-state index in [0.29, 0.717) is 9.92 Å². The zero-order valence-corrected chi connectivity index (χ0v) is 11.0. The first-order valence-electron chi connectivity index (χ1n) is 5.21. The Labute approximate surface area is 103 Å². The molecule has 1 aromatic rings. The van der Waals surface area contributed by atoms with E-state index in [4.69, 9.17) is 11.6 Å². The van der Waals surface area contributed by atoms with Crippen LogP contribution in [0.15, 0.2) is 29.2 Å².